The van der Waals surface area contributed by atoms with Gasteiger partial charge in [0.25, 0.3) is 0 Å². The number of benzene rings is 1. The SMILES string of the molecule is CC(=O)N1N=C(I)SC1(CN(OC(C)(C)C)C(=O)O)c1ccccc1. The lowest BCUT2D eigenvalue weighted by Crippen LogP contribution is -2.51. The van der Waals surface area contributed by atoms with Gasteiger partial charge in [0.2, 0.25) is 5.91 Å². The number of amides is 2. The van der Waals surface area contributed by atoms with Crippen molar-refractivity contribution in [2.75, 3.05) is 6.54 Å². The van der Waals surface area contributed by atoms with E-state index in [-0.39, 0.29) is 12.5 Å². The van der Waals surface area contributed by atoms with Gasteiger partial charge in [0, 0.05) is 6.92 Å². The Morgan fingerprint density at radius 3 is 2.44 bits per heavy atom. The summed E-state index contributed by atoms with van der Waals surface area (Å²) in [5.41, 5.74) is 0.0728. The van der Waals surface area contributed by atoms with Gasteiger partial charge < -0.3 is 5.11 Å². The molecule has 1 atom stereocenters. The first kappa shape index (κ1) is 20.0. The highest BCUT2D eigenvalue weighted by Gasteiger charge is 2.49. The van der Waals surface area contributed by atoms with E-state index in [0.29, 0.717) is 3.05 Å². The zero-order valence-electron chi connectivity index (χ0n) is 14.4. The third kappa shape index (κ3) is 4.64. The van der Waals surface area contributed by atoms with Gasteiger partial charge in [0.05, 0.1) is 12.1 Å². The lowest BCUT2D eigenvalue weighted by molar-refractivity contribution is -0.211. The quantitative estimate of drug-likeness (QED) is 0.527. The number of carboxylic acid groups (broad SMARTS) is 1. The summed E-state index contributed by atoms with van der Waals surface area (Å²) in [7, 11) is 0. The predicted molar refractivity (Wildman–Crippen MR) is 105 cm³/mol. The lowest BCUT2D eigenvalue weighted by Gasteiger charge is -2.39. The molecule has 2 rings (SSSR count). The van der Waals surface area contributed by atoms with E-state index in [2.05, 4.69) is 5.10 Å². The van der Waals surface area contributed by atoms with Crippen LogP contribution >= 0.6 is 34.4 Å². The molecule has 0 saturated heterocycles. The fourth-order valence-corrected chi connectivity index (χ4v) is 4.82. The first-order valence-electron chi connectivity index (χ1n) is 7.54. The summed E-state index contributed by atoms with van der Waals surface area (Å²) in [6.45, 7) is 6.63. The molecule has 1 aliphatic heterocycles. The van der Waals surface area contributed by atoms with Crippen molar-refractivity contribution in [3.63, 3.8) is 0 Å². The highest BCUT2D eigenvalue weighted by Crippen LogP contribution is 2.48. The van der Waals surface area contributed by atoms with Gasteiger partial charge in [0.15, 0.2) is 7.92 Å². The Hall–Kier alpha value is -1.33. The Bertz CT molecular complexity index is 692. The molecule has 1 aliphatic rings. The Kier molecular flexibility index (Phi) is 6.00. The molecule has 1 aromatic carbocycles. The number of nitrogens with zero attached hydrogens (tertiary/aromatic N) is 3. The fourth-order valence-electron chi connectivity index (χ4n) is 2.42. The number of hydroxylamine groups is 2. The molecule has 0 aliphatic carbocycles. The Labute approximate surface area is 164 Å². The van der Waals surface area contributed by atoms with E-state index < -0.39 is 16.6 Å². The number of hydrazone groups is 1. The van der Waals surface area contributed by atoms with Gasteiger partial charge in [-0.3, -0.25) is 9.63 Å². The molecule has 0 bridgehead atoms. The predicted octanol–water partition coefficient (Wildman–Crippen LogP) is 3.85. The molecule has 1 heterocycles. The Balaban J connectivity index is 2.49. The van der Waals surface area contributed by atoms with Gasteiger partial charge >= 0.3 is 6.09 Å². The molecule has 9 heteroatoms. The van der Waals surface area contributed by atoms with Crippen molar-refractivity contribution in [2.24, 2.45) is 5.10 Å². The van der Waals surface area contributed by atoms with Crippen LogP contribution in [0.2, 0.25) is 0 Å². The second-order valence-corrected chi connectivity index (χ2v) is 9.48. The van der Waals surface area contributed by atoms with E-state index in [0.717, 1.165) is 10.6 Å². The minimum absolute atomic E-state index is 0.0795. The Morgan fingerprint density at radius 1 is 1.36 bits per heavy atom. The van der Waals surface area contributed by atoms with Crippen LogP contribution in [-0.4, -0.2) is 42.4 Å². The summed E-state index contributed by atoms with van der Waals surface area (Å²) in [5.74, 6) is -0.274. The zero-order chi connectivity index (χ0) is 18.8. The third-order valence-electron chi connectivity index (χ3n) is 3.25. The number of thioether (sulfide) groups is 1. The van der Waals surface area contributed by atoms with Crippen LogP contribution in [0.5, 0.6) is 0 Å². The van der Waals surface area contributed by atoms with Crippen molar-refractivity contribution in [3.05, 3.63) is 35.9 Å². The van der Waals surface area contributed by atoms with Crippen molar-refractivity contribution in [1.82, 2.24) is 10.1 Å². The Morgan fingerprint density at radius 2 is 1.96 bits per heavy atom. The van der Waals surface area contributed by atoms with Gasteiger partial charge in [-0.05, 0) is 48.9 Å². The maximum atomic E-state index is 12.2. The van der Waals surface area contributed by atoms with Crippen LogP contribution in [0.15, 0.2) is 35.4 Å². The van der Waals surface area contributed by atoms with Crippen LogP contribution in [0.4, 0.5) is 4.79 Å². The number of rotatable bonds is 4. The number of hydrogen-bond donors (Lipinski definition) is 1. The molecule has 0 aromatic heterocycles. The molecular weight excluding hydrogens is 457 g/mol. The van der Waals surface area contributed by atoms with E-state index in [1.807, 2.05) is 52.9 Å². The van der Waals surface area contributed by atoms with Crippen molar-refractivity contribution < 1.29 is 19.5 Å². The van der Waals surface area contributed by atoms with Crippen molar-refractivity contribution >= 4 is 49.4 Å². The van der Waals surface area contributed by atoms with E-state index in [9.17, 15) is 14.7 Å². The zero-order valence-corrected chi connectivity index (χ0v) is 17.4. The summed E-state index contributed by atoms with van der Waals surface area (Å²) in [4.78, 5) is 28.5. The highest BCUT2D eigenvalue weighted by atomic mass is 127. The largest absolute Gasteiger partial charge is 0.463 e. The van der Waals surface area contributed by atoms with Gasteiger partial charge in [-0.25, -0.2) is 9.80 Å². The van der Waals surface area contributed by atoms with Gasteiger partial charge in [-0.2, -0.15) is 10.2 Å². The molecule has 0 fully saturated rings. The minimum Gasteiger partial charge on any atom is -0.463 e. The van der Waals surface area contributed by atoms with Crippen LogP contribution in [0.3, 0.4) is 0 Å². The molecule has 0 spiro atoms. The maximum Gasteiger partial charge on any atom is 0.431 e. The second kappa shape index (κ2) is 7.50. The molecule has 7 nitrogen and oxygen atoms in total. The van der Waals surface area contributed by atoms with Gasteiger partial charge in [0.1, 0.15) is 0 Å². The highest BCUT2D eigenvalue weighted by molar-refractivity contribution is 14.1. The van der Waals surface area contributed by atoms with E-state index >= 15 is 0 Å². The van der Waals surface area contributed by atoms with Crippen LogP contribution in [0.25, 0.3) is 0 Å². The topological polar surface area (TPSA) is 82.4 Å². The summed E-state index contributed by atoms with van der Waals surface area (Å²) in [6.07, 6.45) is -1.23. The molecule has 1 N–H and O–H groups in total. The molecule has 0 saturated carbocycles. The molecular formula is C16H20IN3O4S. The van der Waals surface area contributed by atoms with Crippen LogP contribution in [-0.2, 0) is 14.5 Å². The van der Waals surface area contributed by atoms with Crippen molar-refractivity contribution in [1.29, 1.82) is 0 Å². The minimum atomic E-state index is -1.23. The van der Waals surface area contributed by atoms with Gasteiger partial charge in [-0.15, -0.1) is 0 Å². The van der Waals surface area contributed by atoms with Crippen LogP contribution < -0.4 is 0 Å². The number of hydrogen-bond acceptors (Lipinski definition) is 5. The van der Waals surface area contributed by atoms with Crippen molar-refractivity contribution in [3.8, 4) is 0 Å². The van der Waals surface area contributed by atoms with Gasteiger partial charge in [-0.1, -0.05) is 42.1 Å². The normalized spacial score (nSPS) is 20.4. The average Bonchev–Trinajstić information content (AvgIpc) is 2.84. The molecule has 25 heavy (non-hydrogen) atoms. The summed E-state index contributed by atoms with van der Waals surface area (Å²) in [5, 5.41) is 16.1. The van der Waals surface area contributed by atoms with E-state index in [1.54, 1.807) is 20.8 Å². The summed E-state index contributed by atoms with van der Waals surface area (Å²) >= 11 is 3.37. The number of carbonyl (C=O) groups excluding carboxylic acids is 1. The van der Waals surface area contributed by atoms with Crippen molar-refractivity contribution in [2.45, 2.75) is 38.2 Å². The van der Waals surface area contributed by atoms with Crippen LogP contribution in [0, 0.1) is 0 Å². The van der Waals surface area contributed by atoms with E-state index in [1.165, 1.54) is 23.7 Å². The fraction of sp³-hybridized carbons (Fsp3) is 0.438. The molecule has 1 aromatic rings. The first-order valence-corrected chi connectivity index (χ1v) is 9.44. The van der Waals surface area contributed by atoms with Crippen LogP contribution in [0.1, 0.15) is 33.3 Å². The number of carbonyl (C=O) groups is 2. The summed E-state index contributed by atoms with van der Waals surface area (Å²) < 4.78 is 0.651. The average molecular weight is 477 g/mol. The first-order chi connectivity index (χ1) is 11.5. The second-order valence-electron chi connectivity index (χ2n) is 6.46. The smallest absolute Gasteiger partial charge is 0.431 e. The third-order valence-corrected chi connectivity index (χ3v) is 5.25. The monoisotopic (exact) mass is 477 g/mol. The molecule has 2 amide bonds. The van der Waals surface area contributed by atoms with E-state index in [4.69, 9.17) is 4.84 Å². The lowest BCUT2D eigenvalue weighted by atomic mass is 10.1. The molecule has 0 radical (unpaired) electrons. The molecule has 1 unspecified atom stereocenters. The standard InChI is InChI=1S/C16H20IN3O4S/c1-11(21)20-16(25-13(17)18-20,12-8-6-5-7-9-12)10-19(14(22)23)24-15(2,3)4/h5-9H,10H2,1-4H3,(H,22,23). The maximum absolute atomic E-state index is 12.2. The molecule has 136 valence electrons. The number of halogens is 1. The summed E-state index contributed by atoms with van der Waals surface area (Å²) in [6, 6.07) is 9.25.